The highest BCUT2D eigenvalue weighted by molar-refractivity contribution is 5.47. The largest absolute Gasteiger partial charge is 0.496 e. The predicted octanol–water partition coefficient (Wildman–Crippen LogP) is 3.71. The average Bonchev–Trinajstić information content (AvgIpc) is 2.71. The van der Waals surface area contributed by atoms with Crippen molar-refractivity contribution < 1.29 is 4.74 Å². The van der Waals surface area contributed by atoms with E-state index in [9.17, 15) is 0 Å². The number of likely N-dealkylation sites (tertiary alicyclic amines) is 1. The molecule has 4 heteroatoms. The van der Waals surface area contributed by atoms with Gasteiger partial charge in [-0.15, -0.1) is 0 Å². The smallest absolute Gasteiger partial charge is 0.123 e. The van der Waals surface area contributed by atoms with E-state index >= 15 is 0 Å². The van der Waals surface area contributed by atoms with Crippen LogP contribution in [0.5, 0.6) is 5.75 Å². The summed E-state index contributed by atoms with van der Waals surface area (Å²) in [5.41, 5.74) is 3.81. The van der Waals surface area contributed by atoms with Gasteiger partial charge in [0.15, 0.2) is 0 Å². The van der Waals surface area contributed by atoms with Crippen molar-refractivity contribution in [2.75, 3.05) is 45.7 Å². The second-order valence-corrected chi connectivity index (χ2v) is 7.01. The van der Waals surface area contributed by atoms with E-state index in [1.54, 1.807) is 7.11 Å². The van der Waals surface area contributed by atoms with Crippen LogP contribution in [0.3, 0.4) is 0 Å². The Labute approximate surface area is 157 Å². The number of hydrogen-bond acceptors (Lipinski definition) is 4. The fourth-order valence-corrected chi connectivity index (χ4v) is 3.68. The van der Waals surface area contributed by atoms with Crippen molar-refractivity contribution in [2.24, 2.45) is 0 Å². The zero-order valence-electron chi connectivity index (χ0n) is 16.0. The molecule has 140 valence electrons. The quantitative estimate of drug-likeness (QED) is 0.759. The Bertz CT molecular complexity index is 663. The molecule has 1 saturated heterocycles. The van der Waals surface area contributed by atoms with E-state index in [1.165, 1.54) is 37.1 Å². The lowest BCUT2D eigenvalue weighted by Crippen LogP contribution is -2.37. The molecule has 2 aromatic rings. The molecule has 0 aromatic heterocycles. The molecule has 1 heterocycles. The van der Waals surface area contributed by atoms with Gasteiger partial charge in [0.1, 0.15) is 5.75 Å². The van der Waals surface area contributed by atoms with E-state index in [-0.39, 0.29) is 0 Å². The molecule has 0 spiro atoms. The minimum absolute atomic E-state index is 0.698. The number of methoxy groups -OCH3 is 1. The van der Waals surface area contributed by atoms with Gasteiger partial charge in [-0.1, -0.05) is 30.3 Å². The highest BCUT2D eigenvalue weighted by Gasteiger charge is 2.20. The fraction of sp³-hybridized carbons (Fsp3) is 0.455. The molecule has 3 rings (SSSR count). The summed E-state index contributed by atoms with van der Waals surface area (Å²) in [6.07, 6.45) is 2.52. The maximum Gasteiger partial charge on any atom is 0.123 e. The summed E-state index contributed by atoms with van der Waals surface area (Å²) in [5.74, 6) is 1.63. The molecule has 0 amide bonds. The second kappa shape index (κ2) is 9.60. The molecular weight excluding hydrogens is 322 g/mol. The lowest BCUT2D eigenvalue weighted by Gasteiger charge is -2.32. The number of ether oxygens (including phenoxy) is 1. The topological polar surface area (TPSA) is 36.5 Å². The molecule has 0 bridgehead atoms. The van der Waals surface area contributed by atoms with Crippen LogP contribution in [0, 0.1) is 0 Å². The number of anilines is 1. The third-order valence-corrected chi connectivity index (χ3v) is 5.32. The molecule has 0 saturated carbocycles. The van der Waals surface area contributed by atoms with Gasteiger partial charge in [0.25, 0.3) is 0 Å². The van der Waals surface area contributed by atoms with E-state index < -0.39 is 0 Å². The first-order valence-corrected chi connectivity index (χ1v) is 9.63. The molecule has 1 aliphatic rings. The summed E-state index contributed by atoms with van der Waals surface area (Å²) in [7, 11) is 3.74. The Hall–Kier alpha value is -2.04. The summed E-state index contributed by atoms with van der Waals surface area (Å²) < 4.78 is 5.42. The van der Waals surface area contributed by atoms with E-state index in [0.29, 0.717) is 5.92 Å². The van der Waals surface area contributed by atoms with Gasteiger partial charge in [0.05, 0.1) is 7.11 Å². The van der Waals surface area contributed by atoms with Crippen molar-refractivity contribution >= 4 is 5.69 Å². The van der Waals surface area contributed by atoms with Gasteiger partial charge in [0.2, 0.25) is 0 Å². The van der Waals surface area contributed by atoms with Crippen LogP contribution in [-0.4, -0.2) is 45.2 Å². The standard InChI is InChI=1S/C22H31N3O/c1-23-13-16-25-14-11-19(12-15-25)18-7-9-21(10-8-18)24-17-20-5-3-4-6-22(20)26-2/h3-10,19,23-24H,11-17H2,1-2H3. The Morgan fingerprint density at radius 3 is 2.46 bits per heavy atom. The molecule has 26 heavy (non-hydrogen) atoms. The Balaban J connectivity index is 1.51. The molecular formula is C22H31N3O. The van der Waals surface area contributed by atoms with Crippen LogP contribution in [0.1, 0.15) is 29.9 Å². The number of nitrogens with one attached hydrogen (secondary N) is 2. The summed E-state index contributed by atoms with van der Waals surface area (Å²) in [4.78, 5) is 2.57. The van der Waals surface area contributed by atoms with Gasteiger partial charge in [-0.3, -0.25) is 0 Å². The SMILES string of the molecule is CNCCN1CCC(c2ccc(NCc3ccccc3OC)cc2)CC1. The van der Waals surface area contributed by atoms with E-state index in [1.807, 2.05) is 25.2 Å². The van der Waals surface area contributed by atoms with Crippen molar-refractivity contribution in [1.82, 2.24) is 10.2 Å². The van der Waals surface area contributed by atoms with E-state index in [2.05, 4.69) is 45.9 Å². The first-order chi connectivity index (χ1) is 12.8. The molecule has 2 aromatic carbocycles. The van der Waals surface area contributed by atoms with Crippen molar-refractivity contribution in [2.45, 2.75) is 25.3 Å². The fourth-order valence-electron chi connectivity index (χ4n) is 3.68. The maximum absolute atomic E-state index is 5.42. The van der Waals surface area contributed by atoms with Crippen LogP contribution in [-0.2, 0) is 6.54 Å². The highest BCUT2D eigenvalue weighted by atomic mass is 16.5. The normalized spacial score (nSPS) is 15.8. The van der Waals surface area contributed by atoms with E-state index in [4.69, 9.17) is 4.74 Å². The number of likely N-dealkylation sites (N-methyl/N-ethyl adjacent to an activating group) is 1. The number of piperidine rings is 1. The van der Waals surface area contributed by atoms with Gasteiger partial charge < -0.3 is 20.3 Å². The predicted molar refractivity (Wildman–Crippen MR) is 109 cm³/mol. The number of para-hydroxylation sites is 1. The van der Waals surface area contributed by atoms with Crippen molar-refractivity contribution in [1.29, 1.82) is 0 Å². The molecule has 2 N–H and O–H groups in total. The van der Waals surface area contributed by atoms with Crippen LogP contribution in [0.2, 0.25) is 0 Å². The summed E-state index contributed by atoms with van der Waals surface area (Å²) >= 11 is 0. The Morgan fingerprint density at radius 2 is 1.77 bits per heavy atom. The van der Waals surface area contributed by atoms with Crippen molar-refractivity contribution in [3.63, 3.8) is 0 Å². The van der Waals surface area contributed by atoms with Crippen LogP contribution >= 0.6 is 0 Å². The molecule has 1 aliphatic heterocycles. The molecule has 0 radical (unpaired) electrons. The number of nitrogens with zero attached hydrogens (tertiary/aromatic N) is 1. The van der Waals surface area contributed by atoms with Crippen LogP contribution in [0.25, 0.3) is 0 Å². The lowest BCUT2D eigenvalue weighted by atomic mass is 9.89. The van der Waals surface area contributed by atoms with Crippen LogP contribution < -0.4 is 15.4 Å². The lowest BCUT2D eigenvalue weighted by molar-refractivity contribution is 0.214. The second-order valence-electron chi connectivity index (χ2n) is 7.01. The third kappa shape index (κ3) is 4.99. The number of hydrogen-bond donors (Lipinski definition) is 2. The van der Waals surface area contributed by atoms with Gasteiger partial charge in [-0.25, -0.2) is 0 Å². The highest BCUT2D eigenvalue weighted by Crippen LogP contribution is 2.29. The van der Waals surface area contributed by atoms with E-state index in [0.717, 1.165) is 31.1 Å². The number of rotatable bonds is 8. The Kier molecular flexibility index (Phi) is 6.92. The molecule has 0 aliphatic carbocycles. The average molecular weight is 354 g/mol. The summed E-state index contributed by atoms with van der Waals surface area (Å²) in [6, 6.07) is 17.1. The van der Waals surface area contributed by atoms with Crippen molar-refractivity contribution in [3.8, 4) is 5.75 Å². The zero-order valence-corrected chi connectivity index (χ0v) is 16.0. The Morgan fingerprint density at radius 1 is 1.04 bits per heavy atom. The zero-order chi connectivity index (χ0) is 18.2. The van der Waals surface area contributed by atoms with Crippen LogP contribution in [0.4, 0.5) is 5.69 Å². The first kappa shape index (κ1) is 18.7. The third-order valence-electron chi connectivity index (χ3n) is 5.32. The number of benzene rings is 2. The summed E-state index contributed by atoms with van der Waals surface area (Å²) in [5, 5.41) is 6.74. The summed E-state index contributed by atoms with van der Waals surface area (Å²) in [6.45, 7) is 5.43. The minimum atomic E-state index is 0.698. The molecule has 1 fully saturated rings. The molecule has 0 atom stereocenters. The van der Waals surface area contributed by atoms with Crippen LogP contribution in [0.15, 0.2) is 48.5 Å². The van der Waals surface area contributed by atoms with Gasteiger partial charge in [-0.05, 0) is 62.7 Å². The van der Waals surface area contributed by atoms with Crippen molar-refractivity contribution in [3.05, 3.63) is 59.7 Å². The first-order valence-electron chi connectivity index (χ1n) is 9.63. The molecule has 4 nitrogen and oxygen atoms in total. The monoisotopic (exact) mass is 353 g/mol. The van der Waals surface area contributed by atoms with Gasteiger partial charge >= 0.3 is 0 Å². The van der Waals surface area contributed by atoms with Gasteiger partial charge in [-0.2, -0.15) is 0 Å². The maximum atomic E-state index is 5.42. The molecule has 0 unspecified atom stereocenters. The van der Waals surface area contributed by atoms with Gasteiger partial charge in [0, 0.05) is 30.9 Å². The minimum Gasteiger partial charge on any atom is -0.496 e.